The van der Waals surface area contributed by atoms with Gasteiger partial charge in [0.25, 0.3) is 0 Å². The van der Waals surface area contributed by atoms with Crippen molar-refractivity contribution in [3.8, 4) is 5.88 Å². The van der Waals surface area contributed by atoms with E-state index in [2.05, 4.69) is 10.2 Å². The topological polar surface area (TPSA) is 80.1 Å². The van der Waals surface area contributed by atoms with Gasteiger partial charge in [-0.15, -0.1) is 0 Å². The van der Waals surface area contributed by atoms with Crippen LogP contribution in [0.15, 0.2) is 30.5 Å². The number of aromatic nitrogens is 3. The van der Waals surface area contributed by atoms with Crippen LogP contribution in [0, 0.1) is 0 Å². The summed E-state index contributed by atoms with van der Waals surface area (Å²) in [5.41, 5.74) is 4.44. The first-order valence-corrected chi connectivity index (χ1v) is 6.85. The molecule has 0 amide bonds. The summed E-state index contributed by atoms with van der Waals surface area (Å²) >= 11 is 0. The third kappa shape index (κ3) is 1.60. The highest BCUT2D eigenvalue weighted by molar-refractivity contribution is 6.05. The number of hydrogen-bond acceptors (Lipinski definition) is 3. The highest BCUT2D eigenvalue weighted by Gasteiger charge is 2.27. The van der Waals surface area contributed by atoms with Crippen molar-refractivity contribution < 1.29 is 14.6 Å². The van der Waals surface area contributed by atoms with E-state index < -0.39 is 6.09 Å². The van der Waals surface area contributed by atoms with Gasteiger partial charge in [0.15, 0.2) is 0 Å². The molecule has 4 rings (SSSR count). The molecule has 0 aliphatic heterocycles. The number of carboxylic acid groups (broad SMARTS) is 1. The second-order valence-corrected chi connectivity index (χ2v) is 5.15. The monoisotopic (exact) mass is 295 g/mol. The molecule has 110 valence electrons. The summed E-state index contributed by atoms with van der Waals surface area (Å²) in [5.74, 6) is 0.342. The van der Waals surface area contributed by atoms with Crippen molar-refractivity contribution in [2.45, 2.75) is 6.42 Å². The van der Waals surface area contributed by atoms with E-state index in [0.29, 0.717) is 17.8 Å². The predicted octanol–water partition coefficient (Wildman–Crippen LogP) is 3.00. The molecular formula is C16H13N3O3. The maximum absolute atomic E-state index is 11.6. The van der Waals surface area contributed by atoms with Crippen LogP contribution in [0.5, 0.6) is 5.88 Å². The number of allylic oxidation sites excluding steroid dienone is 1. The molecule has 0 atom stereocenters. The van der Waals surface area contributed by atoms with E-state index in [-0.39, 0.29) is 0 Å². The van der Waals surface area contributed by atoms with Crippen molar-refractivity contribution in [3.63, 3.8) is 0 Å². The SMILES string of the molecule is COc1c(C2=Cc3c[nH]nc3C2)c2ccccc2n1C(=O)O. The van der Waals surface area contributed by atoms with Crippen molar-refractivity contribution >= 4 is 28.6 Å². The molecule has 1 aliphatic carbocycles. The molecule has 0 unspecified atom stereocenters. The normalized spacial score (nSPS) is 13.2. The van der Waals surface area contributed by atoms with E-state index >= 15 is 0 Å². The summed E-state index contributed by atoms with van der Waals surface area (Å²) in [6.45, 7) is 0. The number of aromatic amines is 1. The fraction of sp³-hybridized carbons (Fsp3) is 0.125. The van der Waals surface area contributed by atoms with Gasteiger partial charge in [0.2, 0.25) is 5.88 Å². The first kappa shape index (κ1) is 12.7. The average molecular weight is 295 g/mol. The van der Waals surface area contributed by atoms with Gasteiger partial charge in [-0.2, -0.15) is 5.10 Å². The Bertz CT molecular complexity index is 933. The molecule has 6 nitrogen and oxygen atoms in total. The number of nitrogens with zero attached hydrogens (tertiary/aromatic N) is 2. The number of carbonyl (C=O) groups is 1. The third-order valence-electron chi connectivity index (χ3n) is 3.98. The zero-order valence-electron chi connectivity index (χ0n) is 11.8. The Morgan fingerprint density at radius 3 is 2.95 bits per heavy atom. The number of ether oxygens (including phenoxy) is 1. The molecule has 6 heteroatoms. The van der Waals surface area contributed by atoms with Crippen molar-refractivity contribution in [3.05, 3.63) is 47.3 Å². The van der Waals surface area contributed by atoms with E-state index in [1.807, 2.05) is 30.5 Å². The predicted molar refractivity (Wildman–Crippen MR) is 82.1 cm³/mol. The Kier molecular flexibility index (Phi) is 2.59. The van der Waals surface area contributed by atoms with Crippen molar-refractivity contribution in [1.29, 1.82) is 0 Å². The Balaban J connectivity index is 2.02. The van der Waals surface area contributed by atoms with Crippen molar-refractivity contribution in [1.82, 2.24) is 14.8 Å². The minimum absolute atomic E-state index is 0.342. The first-order chi connectivity index (χ1) is 10.7. The Morgan fingerprint density at radius 2 is 2.23 bits per heavy atom. The van der Waals surface area contributed by atoms with Gasteiger partial charge < -0.3 is 9.84 Å². The van der Waals surface area contributed by atoms with Crippen molar-refractivity contribution in [2.24, 2.45) is 0 Å². The number of methoxy groups -OCH3 is 1. The van der Waals surface area contributed by atoms with Gasteiger partial charge in [-0.05, 0) is 17.7 Å². The van der Waals surface area contributed by atoms with Crippen molar-refractivity contribution in [2.75, 3.05) is 7.11 Å². The second kappa shape index (κ2) is 4.49. The van der Waals surface area contributed by atoms with E-state index in [9.17, 15) is 9.90 Å². The number of rotatable bonds is 2. The highest BCUT2D eigenvalue weighted by Crippen LogP contribution is 2.41. The molecule has 2 aromatic heterocycles. The van der Waals surface area contributed by atoms with Crippen LogP contribution < -0.4 is 4.74 Å². The summed E-state index contributed by atoms with van der Waals surface area (Å²) in [4.78, 5) is 11.6. The van der Waals surface area contributed by atoms with E-state index in [1.54, 1.807) is 6.07 Å². The Hall–Kier alpha value is -3.02. The third-order valence-corrected chi connectivity index (χ3v) is 3.98. The zero-order chi connectivity index (χ0) is 15.3. The number of nitrogens with one attached hydrogen (secondary N) is 1. The number of fused-ring (bicyclic) bond motifs is 2. The Morgan fingerprint density at radius 1 is 1.41 bits per heavy atom. The maximum Gasteiger partial charge on any atom is 0.418 e. The fourth-order valence-corrected chi connectivity index (χ4v) is 3.08. The van der Waals surface area contributed by atoms with Gasteiger partial charge >= 0.3 is 6.09 Å². The molecule has 0 fully saturated rings. The lowest BCUT2D eigenvalue weighted by molar-refractivity contribution is 0.194. The van der Waals surface area contributed by atoms with E-state index in [4.69, 9.17) is 4.74 Å². The standard InChI is InChI=1S/C16H13N3O3/c1-22-15-14(9-6-10-8-17-18-12(10)7-9)11-4-2-3-5-13(11)19(15)16(20)21/h2-6,8H,7H2,1H3,(H,17,18)(H,20,21). The van der Waals surface area contributed by atoms with Gasteiger partial charge in [0, 0.05) is 29.1 Å². The number of benzene rings is 1. The minimum Gasteiger partial charge on any atom is -0.481 e. The smallest absolute Gasteiger partial charge is 0.418 e. The van der Waals surface area contributed by atoms with Crippen LogP contribution in [0.1, 0.15) is 16.8 Å². The molecule has 0 radical (unpaired) electrons. The van der Waals surface area contributed by atoms with Crippen LogP contribution in [-0.4, -0.2) is 33.1 Å². The summed E-state index contributed by atoms with van der Waals surface area (Å²) in [6.07, 6.45) is 3.46. The molecule has 1 aromatic carbocycles. The molecule has 2 heterocycles. The average Bonchev–Trinajstić information content (AvgIpc) is 3.16. The summed E-state index contributed by atoms with van der Waals surface area (Å²) in [5, 5.41) is 17.4. The van der Waals surface area contributed by atoms with Gasteiger partial charge in [-0.25, -0.2) is 9.36 Å². The largest absolute Gasteiger partial charge is 0.481 e. The quantitative estimate of drug-likeness (QED) is 0.761. The highest BCUT2D eigenvalue weighted by atomic mass is 16.5. The number of para-hydroxylation sites is 1. The first-order valence-electron chi connectivity index (χ1n) is 6.85. The van der Waals surface area contributed by atoms with Gasteiger partial charge in [-0.3, -0.25) is 5.10 Å². The summed E-state index contributed by atoms with van der Waals surface area (Å²) in [6, 6.07) is 7.41. The maximum atomic E-state index is 11.6. The molecule has 0 saturated heterocycles. The van der Waals surface area contributed by atoms with Crippen LogP contribution in [0.4, 0.5) is 4.79 Å². The summed E-state index contributed by atoms with van der Waals surface area (Å²) in [7, 11) is 1.49. The van der Waals surface area contributed by atoms with Crippen LogP contribution in [-0.2, 0) is 6.42 Å². The van der Waals surface area contributed by atoms with Gasteiger partial charge in [-0.1, -0.05) is 18.2 Å². The van der Waals surface area contributed by atoms with Crippen LogP contribution in [0.2, 0.25) is 0 Å². The molecule has 0 saturated carbocycles. The molecule has 0 spiro atoms. The van der Waals surface area contributed by atoms with E-state index in [0.717, 1.165) is 27.8 Å². The molecule has 22 heavy (non-hydrogen) atoms. The molecule has 1 aliphatic rings. The van der Waals surface area contributed by atoms with Crippen LogP contribution in [0.25, 0.3) is 22.6 Å². The van der Waals surface area contributed by atoms with Crippen LogP contribution >= 0.6 is 0 Å². The molecule has 2 N–H and O–H groups in total. The number of H-pyrrole nitrogens is 1. The lowest BCUT2D eigenvalue weighted by Gasteiger charge is -2.07. The zero-order valence-corrected chi connectivity index (χ0v) is 11.8. The molecule has 0 bridgehead atoms. The Labute approximate surface area is 125 Å². The van der Waals surface area contributed by atoms with Crippen LogP contribution in [0.3, 0.4) is 0 Å². The lowest BCUT2D eigenvalue weighted by atomic mass is 10.0. The van der Waals surface area contributed by atoms with E-state index in [1.165, 1.54) is 11.7 Å². The van der Waals surface area contributed by atoms with Gasteiger partial charge in [0.05, 0.1) is 18.3 Å². The fourth-order valence-electron chi connectivity index (χ4n) is 3.08. The minimum atomic E-state index is -1.06. The molecular weight excluding hydrogens is 282 g/mol. The second-order valence-electron chi connectivity index (χ2n) is 5.15. The molecule has 3 aromatic rings. The summed E-state index contributed by atoms with van der Waals surface area (Å²) < 4.78 is 6.61. The number of hydrogen-bond donors (Lipinski definition) is 2. The van der Waals surface area contributed by atoms with Gasteiger partial charge in [0.1, 0.15) is 0 Å². The lowest BCUT2D eigenvalue weighted by Crippen LogP contribution is -2.09.